The van der Waals surface area contributed by atoms with Gasteiger partial charge in [0, 0.05) is 23.9 Å². The summed E-state index contributed by atoms with van der Waals surface area (Å²) < 4.78 is 32.7. The largest absolute Gasteiger partial charge is 0.497 e. The zero-order valence-corrected chi connectivity index (χ0v) is 12.4. The average Bonchev–Trinajstić information content (AvgIpc) is 2.40. The Morgan fingerprint density at radius 3 is 2.59 bits per heavy atom. The standard InChI is InChI=1S/C16H16F2N2O2/c1-20-11-4-3-9(22-2)5-10(11)19-12(13(20)21)15-6-16(7-15,8-15)14(17)18/h3-5,14H,6-8H2,1-2H3. The van der Waals surface area contributed by atoms with E-state index in [1.807, 2.05) is 0 Å². The van der Waals surface area contributed by atoms with Crippen molar-refractivity contribution in [3.05, 3.63) is 34.2 Å². The summed E-state index contributed by atoms with van der Waals surface area (Å²) in [6.07, 6.45) is -1.20. The van der Waals surface area contributed by atoms with Crippen molar-refractivity contribution in [3.63, 3.8) is 0 Å². The van der Waals surface area contributed by atoms with Crippen LogP contribution in [-0.4, -0.2) is 23.1 Å². The third-order valence-electron chi connectivity index (χ3n) is 5.32. The number of hydrogen-bond donors (Lipinski definition) is 0. The molecule has 0 atom stereocenters. The van der Waals surface area contributed by atoms with Gasteiger partial charge in [0.1, 0.15) is 11.4 Å². The molecular formula is C16H16F2N2O2. The zero-order valence-electron chi connectivity index (χ0n) is 12.4. The van der Waals surface area contributed by atoms with E-state index in [4.69, 9.17) is 4.74 Å². The van der Waals surface area contributed by atoms with E-state index in [1.54, 1.807) is 36.9 Å². The molecule has 2 aromatic rings. The molecule has 0 aliphatic heterocycles. The van der Waals surface area contributed by atoms with Crippen molar-refractivity contribution in [3.8, 4) is 5.75 Å². The second kappa shape index (κ2) is 4.06. The van der Waals surface area contributed by atoms with Gasteiger partial charge in [0.05, 0.1) is 18.1 Å². The number of fused-ring (bicyclic) bond motifs is 1. The van der Waals surface area contributed by atoms with Crippen molar-refractivity contribution in [2.24, 2.45) is 12.5 Å². The van der Waals surface area contributed by atoms with Crippen LogP contribution in [-0.2, 0) is 12.5 Å². The Morgan fingerprint density at radius 1 is 1.32 bits per heavy atom. The molecule has 0 radical (unpaired) electrons. The lowest BCUT2D eigenvalue weighted by Gasteiger charge is -2.69. The number of methoxy groups -OCH3 is 1. The summed E-state index contributed by atoms with van der Waals surface area (Å²) in [7, 11) is 3.26. The maximum atomic E-state index is 13.0. The minimum absolute atomic E-state index is 0.180. The highest BCUT2D eigenvalue weighted by Gasteiger charge is 2.73. The lowest BCUT2D eigenvalue weighted by Crippen LogP contribution is -2.69. The van der Waals surface area contributed by atoms with Crippen molar-refractivity contribution in [2.45, 2.75) is 31.1 Å². The first-order valence-electron chi connectivity index (χ1n) is 7.24. The normalized spacial score (nSPS) is 29.3. The van der Waals surface area contributed by atoms with Gasteiger partial charge in [-0.3, -0.25) is 4.79 Å². The predicted octanol–water partition coefficient (Wildman–Crippen LogP) is 2.63. The van der Waals surface area contributed by atoms with Crippen LogP contribution in [0.15, 0.2) is 23.0 Å². The summed E-state index contributed by atoms with van der Waals surface area (Å²) >= 11 is 0. The van der Waals surface area contributed by atoms with E-state index in [-0.39, 0.29) is 5.56 Å². The van der Waals surface area contributed by atoms with Crippen LogP contribution in [0.25, 0.3) is 11.0 Å². The molecule has 116 valence electrons. The van der Waals surface area contributed by atoms with Gasteiger partial charge in [0.15, 0.2) is 0 Å². The molecule has 3 saturated carbocycles. The molecule has 0 amide bonds. The third-order valence-corrected chi connectivity index (χ3v) is 5.32. The number of rotatable bonds is 3. The van der Waals surface area contributed by atoms with Crippen LogP contribution in [0.3, 0.4) is 0 Å². The summed E-state index contributed by atoms with van der Waals surface area (Å²) in [4.78, 5) is 17.1. The molecule has 3 aliphatic carbocycles. The fourth-order valence-corrected chi connectivity index (χ4v) is 4.13. The smallest absolute Gasteiger partial charge is 0.273 e. The molecule has 1 aromatic heterocycles. The second-order valence-electron chi connectivity index (χ2n) is 6.65. The number of alkyl halides is 2. The van der Waals surface area contributed by atoms with Gasteiger partial charge >= 0.3 is 0 Å². The molecule has 3 fully saturated rings. The van der Waals surface area contributed by atoms with Crippen molar-refractivity contribution in [1.29, 1.82) is 0 Å². The molecule has 0 spiro atoms. The van der Waals surface area contributed by atoms with E-state index in [9.17, 15) is 13.6 Å². The summed E-state index contributed by atoms with van der Waals surface area (Å²) in [6, 6.07) is 5.33. The molecule has 0 saturated heterocycles. The number of nitrogens with zero attached hydrogens (tertiary/aromatic N) is 2. The first kappa shape index (κ1) is 13.7. The third kappa shape index (κ3) is 1.50. The SMILES string of the molecule is COc1ccc2c(c1)nc(C13CC(C(F)F)(C1)C3)c(=O)n2C. The highest BCUT2D eigenvalue weighted by Crippen LogP contribution is 2.74. The van der Waals surface area contributed by atoms with E-state index < -0.39 is 17.3 Å². The fourth-order valence-electron chi connectivity index (χ4n) is 4.13. The lowest BCUT2D eigenvalue weighted by molar-refractivity contribution is -0.223. The Hall–Kier alpha value is -1.98. The van der Waals surface area contributed by atoms with Gasteiger partial charge in [0.25, 0.3) is 5.56 Å². The highest BCUT2D eigenvalue weighted by molar-refractivity contribution is 5.76. The van der Waals surface area contributed by atoms with Crippen LogP contribution in [0, 0.1) is 5.41 Å². The molecule has 3 aliphatic rings. The Bertz CT molecular complexity index is 824. The molecule has 5 rings (SSSR count). The summed E-state index contributed by atoms with van der Waals surface area (Å²) in [5.41, 5.74) is 0.314. The number of halogens is 2. The monoisotopic (exact) mass is 306 g/mol. The van der Waals surface area contributed by atoms with Gasteiger partial charge in [-0.2, -0.15) is 0 Å². The first-order chi connectivity index (χ1) is 10.4. The Balaban J connectivity index is 1.83. The van der Waals surface area contributed by atoms with Gasteiger partial charge < -0.3 is 9.30 Å². The molecular weight excluding hydrogens is 290 g/mol. The number of ether oxygens (including phenoxy) is 1. The topological polar surface area (TPSA) is 44.1 Å². The predicted molar refractivity (Wildman–Crippen MR) is 77.5 cm³/mol. The van der Waals surface area contributed by atoms with Gasteiger partial charge in [0.2, 0.25) is 6.43 Å². The van der Waals surface area contributed by atoms with E-state index in [0.717, 1.165) is 0 Å². The van der Waals surface area contributed by atoms with Crippen molar-refractivity contribution < 1.29 is 13.5 Å². The molecule has 4 nitrogen and oxygen atoms in total. The first-order valence-corrected chi connectivity index (χ1v) is 7.24. The van der Waals surface area contributed by atoms with Crippen LogP contribution in [0.5, 0.6) is 5.75 Å². The van der Waals surface area contributed by atoms with Crippen LogP contribution in [0.1, 0.15) is 25.0 Å². The van der Waals surface area contributed by atoms with Crippen LogP contribution in [0.4, 0.5) is 8.78 Å². The highest BCUT2D eigenvalue weighted by atomic mass is 19.3. The molecule has 1 aromatic carbocycles. The van der Waals surface area contributed by atoms with Gasteiger partial charge in [-0.25, -0.2) is 13.8 Å². The van der Waals surface area contributed by atoms with Crippen molar-refractivity contribution in [2.75, 3.05) is 7.11 Å². The number of benzene rings is 1. The van der Waals surface area contributed by atoms with E-state index in [0.29, 0.717) is 41.7 Å². The summed E-state index contributed by atoms with van der Waals surface area (Å²) in [6.45, 7) is 0. The number of aromatic nitrogens is 2. The van der Waals surface area contributed by atoms with Gasteiger partial charge in [-0.05, 0) is 31.4 Å². The Kier molecular flexibility index (Phi) is 2.52. The fraction of sp³-hybridized carbons (Fsp3) is 0.500. The quantitative estimate of drug-likeness (QED) is 0.875. The molecule has 6 heteroatoms. The van der Waals surface area contributed by atoms with Crippen LogP contribution < -0.4 is 10.3 Å². The van der Waals surface area contributed by atoms with Crippen molar-refractivity contribution in [1.82, 2.24) is 9.55 Å². The zero-order chi connectivity index (χ0) is 15.7. The summed E-state index contributed by atoms with van der Waals surface area (Å²) in [5, 5.41) is 0. The van der Waals surface area contributed by atoms with E-state index in [2.05, 4.69) is 4.98 Å². The minimum Gasteiger partial charge on any atom is -0.497 e. The Labute approximate surface area is 125 Å². The molecule has 2 bridgehead atoms. The summed E-state index contributed by atoms with van der Waals surface area (Å²) in [5.74, 6) is 0.659. The second-order valence-corrected chi connectivity index (χ2v) is 6.65. The van der Waals surface area contributed by atoms with Crippen LogP contribution in [0.2, 0.25) is 0 Å². The molecule has 0 N–H and O–H groups in total. The number of aryl methyl sites for hydroxylation is 1. The number of hydrogen-bond acceptors (Lipinski definition) is 3. The average molecular weight is 306 g/mol. The van der Waals surface area contributed by atoms with E-state index in [1.165, 1.54) is 0 Å². The molecule has 0 unspecified atom stereocenters. The minimum atomic E-state index is -2.31. The molecule has 1 heterocycles. The van der Waals surface area contributed by atoms with Gasteiger partial charge in [-0.15, -0.1) is 0 Å². The Morgan fingerprint density at radius 2 is 2.00 bits per heavy atom. The van der Waals surface area contributed by atoms with Crippen LogP contribution >= 0.6 is 0 Å². The van der Waals surface area contributed by atoms with Gasteiger partial charge in [-0.1, -0.05) is 0 Å². The van der Waals surface area contributed by atoms with E-state index >= 15 is 0 Å². The maximum absolute atomic E-state index is 13.0. The maximum Gasteiger partial charge on any atom is 0.273 e. The molecule has 22 heavy (non-hydrogen) atoms. The lowest BCUT2D eigenvalue weighted by atomic mass is 9.34. The van der Waals surface area contributed by atoms with Crippen molar-refractivity contribution >= 4 is 11.0 Å².